The van der Waals surface area contributed by atoms with E-state index in [-0.39, 0.29) is 5.78 Å². The Hall–Kier alpha value is -1.67. The molecule has 0 radical (unpaired) electrons. The molecular weight excluding hydrogens is 222 g/mol. The molecule has 0 aliphatic rings. The van der Waals surface area contributed by atoms with E-state index < -0.39 is 0 Å². The first-order valence-electron chi connectivity index (χ1n) is 4.92. The third-order valence-electron chi connectivity index (χ3n) is 2.31. The number of hydrogen-bond donors (Lipinski definition) is 0. The number of ketones is 1. The second kappa shape index (κ2) is 4.45. The summed E-state index contributed by atoms with van der Waals surface area (Å²) in [4.78, 5) is 12.1. The van der Waals surface area contributed by atoms with Crippen LogP contribution in [0.3, 0.4) is 0 Å². The molecule has 1 aromatic heterocycles. The molecule has 1 aromatic carbocycles. The quantitative estimate of drug-likeness (QED) is 0.575. The van der Waals surface area contributed by atoms with Gasteiger partial charge in [0, 0.05) is 16.7 Å². The smallest absolute Gasteiger partial charge is 0.199 e. The molecule has 16 heavy (non-hydrogen) atoms. The molecule has 80 valence electrons. The Morgan fingerprint density at radius 1 is 1.12 bits per heavy atom. The van der Waals surface area contributed by atoms with Crippen molar-refractivity contribution in [1.82, 2.24) is 0 Å². The number of benzene rings is 1. The summed E-state index contributed by atoms with van der Waals surface area (Å²) in [6.45, 7) is 0. The lowest BCUT2D eigenvalue weighted by molar-refractivity contribution is -0.671. The first-order valence-corrected chi connectivity index (χ1v) is 5.30. The van der Waals surface area contributed by atoms with Gasteiger partial charge < -0.3 is 0 Å². The molecule has 0 bridgehead atoms. The van der Waals surface area contributed by atoms with Crippen molar-refractivity contribution in [3.8, 4) is 0 Å². The van der Waals surface area contributed by atoms with Gasteiger partial charge in [-0.1, -0.05) is 11.6 Å². The zero-order valence-electron chi connectivity index (χ0n) is 8.85. The number of carbonyl (C=O) groups excluding carboxylic acids is 1. The molecule has 1 heterocycles. The van der Waals surface area contributed by atoms with Gasteiger partial charge in [-0.05, 0) is 30.3 Å². The van der Waals surface area contributed by atoms with Crippen molar-refractivity contribution in [1.29, 1.82) is 0 Å². The summed E-state index contributed by atoms with van der Waals surface area (Å²) in [5.41, 5.74) is 1.32. The number of pyridine rings is 1. The Morgan fingerprint density at radius 3 is 2.44 bits per heavy atom. The number of hydrogen-bond acceptors (Lipinski definition) is 1. The van der Waals surface area contributed by atoms with Crippen molar-refractivity contribution in [2.45, 2.75) is 0 Å². The van der Waals surface area contributed by atoms with E-state index in [1.165, 1.54) is 0 Å². The molecule has 0 aliphatic carbocycles. The number of aromatic nitrogens is 1. The van der Waals surface area contributed by atoms with Crippen LogP contribution in [0.4, 0.5) is 0 Å². The van der Waals surface area contributed by atoms with E-state index in [1.807, 2.05) is 23.9 Å². The van der Waals surface area contributed by atoms with Crippen molar-refractivity contribution in [2.24, 2.45) is 7.05 Å². The second-order valence-electron chi connectivity index (χ2n) is 3.59. The van der Waals surface area contributed by atoms with Gasteiger partial charge in [0.05, 0.1) is 5.56 Å². The van der Waals surface area contributed by atoms with Crippen molar-refractivity contribution in [3.05, 3.63) is 64.9 Å². The van der Waals surface area contributed by atoms with E-state index in [1.54, 1.807) is 36.5 Å². The van der Waals surface area contributed by atoms with E-state index in [4.69, 9.17) is 11.6 Å². The van der Waals surface area contributed by atoms with Crippen LogP contribution in [0.2, 0.25) is 5.02 Å². The average molecular weight is 233 g/mol. The zero-order chi connectivity index (χ0) is 11.5. The molecule has 0 atom stereocenters. The molecule has 0 amide bonds. The SMILES string of the molecule is C[n+]1cccc(C(=O)c2ccc(Cl)cc2)c1. The zero-order valence-corrected chi connectivity index (χ0v) is 9.61. The summed E-state index contributed by atoms with van der Waals surface area (Å²) in [5, 5.41) is 0.634. The van der Waals surface area contributed by atoms with Crippen molar-refractivity contribution in [2.75, 3.05) is 0 Å². The largest absolute Gasteiger partial charge is 0.288 e. The van der Waals surface area contributed by atoms with E-state index >= 15 is 0 Å². The Bertz CT molecular complexity index is 520. The topological polar surface area (TPSA) is 20.9 Å². The van der Waals surface area contributed by atoms with Gasteiger partial charge >= 0.3 is 0 Å². The molecular formula is C13H11ClNO+. The molecule has 2 rings (SSSR count). The fraction of sp³-hybridized carbons (Fsp3) is 0.0769. The van der Waals surface area contributed by atoms with Gasteiger partial charge in [0.25, 0.3) is 0 Å². The lowest BCUT2D eigenvalue weighted by Crippen LogP contribution is -2.27. The maximum Gasteiger partial charge on any atom is 0.199 e. The highest BCUT2D eigenvalue weighted by Crippen LogP contribution is 2.12. The van der Waals surface area contributed by atoms with Gasteiger partial charge in [0.15, 0.2) is 18.2 Å². The highest BCUT2D eigenvalue weighted by atomic mass is 35.5. The minimum atomic E-state index is 0.00728. The summed E-state index contributed by atoms with van der Waals surface area (Å²) in [6.07, 6.45) is 3.69. The Morgan fingerprint density at radius 2 is 1.81 bits per heavy atom. The summed E-state index contributed by atoms with van der Waals surface area (Å²) in [7, 11) is 1.89. The molecule has 2 aromatic rings. The molecule has 0 N–H and O–H groups in total. The van der Waals surface area contributed by atoms with E-state index in [2.05, 4.69) is 0 Å². The number of nitrogens with zero attached hydrogens (tertiary/aromatic N) is 1. The average Bonchev–Trinajstić information content (AvgIpc) is 2.29. The normalized spacial score (nSPS) is 10.1. The van der Waals surface area contributed by atoms with Gasteiger partial charge in [0.1, 0.15) is 7.05 Å². The molecule has 3 heteroatoms. The van der Waals surface area contributed by atoms with Gasteiger partial charge in [-0.3, -0.25) is 4.79 Å². The van der Waals surface area contributed by atoms with E-state index in [0.717, 1.165) is 0 Å². The molecule has 0 saturated heterocycles. The van der Waals surface area contributed by atoms with Crippen LogP contribution < -0.4 is 4.57 Å². The van der Waals surface area contributed by atoms with Gasteiger partial charge in [-0.25, -0.2) is 4.57 Å². The van der Waals surface area contributed by atoms with Crippen molar-refractivity contribution in [3.63, 3.8) is 0 Å². The first-order chi connectivity index (χ1) is 7.66. The molecule has 2 nitrogen and oxygen atoms in total. The number of aryl methyl sites for hydroxylation is 1. The fourth-order valence-electron chi connectivity index (χ4n) is 1.49. The van der Waals surface area contributed by atoms with Crippen molar-refractivity contribution < 1.29 is 9.36 Å². The van der Waals surface area contributed by atoms with Crippen LogP contribution in [0, 0.1) is 0 Å². The van der Waals surface area contributed by atoms with Crippen LogP contribution in [0.5, 0.6) is 0 Å². The fourth-order valence-corrected chi connectivity index (χ4v) is 1.62. The number of halogens is 1. The highest BCUT2D eigenvalue weighted by Gasteiger charge is 2.11. The van der Waals surface area contributed by atoms with Gasteiger partial charge in [-0.15, -0.1) is 0 Å². The third kappa shape index (κ3) is 2.28. The summed E-state index contributed by atoms with van der Waals surface area (Å²) in [6, 6.07) is 10.6. The maximum atomic E-state index is 12.1. The number of rotatable bonds is 2. The summed E-state index contributed by atoms with van der Waals surface area (Å²) in [5.74, 6) is 0.00728. The van der Waals surface area contributed by atoms with Crippen LogP contribution in [0.1, 0.15) is 15.9 Å². The third-order valence-corrected chi connectivity index (χ3v) is 2.56. The Labute approximate surface area is 99.1 Å². The predicted molar refractivity (Wildman–Crippen MR) is 62.5 cm³/mol. The minimum absolute atomic E-state index is 0.00728. The standard InChI is InChI=1S/C13H11ClNO/c1-15-8-2-3-11(9-15)13(16)10-4-6-12(14)7-5-10/h2-9H,1H3/q+1. The molecule has 0 spiro atoms. The number of carbonyl (C=O) groups is 1. The van der Waals surface area contributed by atoms with Crippen LogP contribution in [-0.2, 0) is 7.05 Å². The monoisotopic (exact) mass is 232 g/mol. The van der Waals surface area contributed by atoms with Gasteiger partial charge in [-0.2, -0.15) is 0 Å². The molecule has 0 aliphatic heterocycles. The second-order valence-corrected chi connectivity index (χ2v) is 4.03. The van der Waals surface area contributed by atoms with Crippen LogP contribution >= 0.6 is 11.6 Å². The molecule has 0 unspecified atom stereocenters. The Balaban J connectivity index is 2.35. The first kappa shape index (κ1) is 10.8. The van der Waals surface area contributed by atoms with Crippen molar-refractivity contribution >= 4 is 17.4 Å². The van der Waals surface area contributed by atoms with E-state index in [0.29, 0.717) is 16.1 Å². The minimum Gasteiger partial charge on any atom is -0.288 e. The summed E-state index contributed by atoms with van der Waals surface area (Å²) < 4.78 is 1.85. The van der Waals surface area contributed by atoms with Crippen LogP contribution in [-0.4, -0.2) is 5.78 Å². The van der Waals surface area contributed by atoms with Crippen LogP contribution in [0.15, 0.2) is 48.8 Å². The molecule has 0 saturated carbocycles. The van der Waals surface area contributed by atoms with Crippen LogP contribution in [0.25, 0.3) is 0 Å². The maximum absolute atomic E-state index is 12.1. The lowest BCUT2D eigenvalue weighted by atomic mass is 10.1. The highest BCUT2D eigenvalue weighted by molar-refractivity contribution is 6.30. The van der Waals surface area contributed by atoms with E-state index in [9.17, 15) is 4.79 Å². The lowest BCUT2D eigenvalue weighted by Gasteiger charge is -1.99. The predicted octanol–water partition coefficient (Wildman–Crippen LogP) is 2.40. The summed E-state index contributed by atoms with van der Waals surface area (Å²) >= 11 is 5.77. The molecule has 0 fully saturated rings. The Kier molecular flexibility index (Phi) is 3.02. The van der Waals surface area contributed by atoms with Gasteiger partial charge in [0.2, 0.25) is 0 Å².